The molecule has 0 bridgehead atoms. The molecule has 0 atom stereocenters. The summed E-state index contributed by atoms with van der Waals surface area (Å²) in [6.45, 7) is 1.76. The number of halogens is 1. The van der Waals surface area contributed by atoms with Gasteiger partial charge in [-0.25, -0.2) is 0 Å². The maximum Gasteiger partial charge on any atom is 0.133 e. The predicted molar refractivity (Wildman–Crippen MR) is 87.0 cm³/mol. The first-order chi connectivity index (χ1) is 9.69. The Labute approximate surface area is 128 Å². The fraction of sp³-hybridized carbons (Fsp3) is 0.250. The average molecular weight is 335 g/mol. The van der Waals surface area contributed by atoms with Gasteiger partial charge in [0.05, 0.1) is 11.6 Å². The summed E-state index contributed by atoms with van der Waals surface area (Å²) in [4.78, 5) is 0. The van der Waals surface area contributed by atoms with Crippen LogP contribution in [0.3, 0.4) is 0 Å². The highest BCUT2D eigenvalue weighted by Crippen LogP contribution is 2.25. The summed E-state index contributed by atoms with van der Waals surface area (Å²) in [6.07, 6.45) is 0.977. The van der Waals surface area contributed by atoms with Crippen molar-refractivity contribution in [1.29, 1.82) is 0 Å². The first-order valence-corrected chi connectivity index (χ1v) is 7.36. The van der Waals surface area contributed by atoms with Crippen LogP contribution in [-0.2, 0) is 13.0 Å². The molecule has 0 heterocycles. The Balaban J connectivity index is 1.80. The number of nitrogens with two attached hydrogens (primary N) is 1. The largest absolute Gasteiger partial charge is 0.496 e. The Morgan fingerprint density at radius 2 is 2.00 bits per heavy atom. The fourth-order valence-electron chi connectivity index (χ4n) is 2.03. The highest BCUT2D eigenvalue weighted by atomic mass is 79.9. The molecule has 0 spiro atoms. The van der Waals surface area contributed by atoms with Crippen LogP contribution < -0.4 is 15.8 Å². The van der Waals surface area contributed by atoms with E-state index >= 15 is 0 Å². The molecule has 0 aromatic heterocycles. The van der Waals surface area contributed by atoms with Crippen molar-refractivity contribution < 1.29 is 4.74 Å². The predicted octanol–water partition coefficient (Wildman–Crippen LogP) is 3.37. The number of nitrogen functional groups attached to an aromatic ring is 1. The van der Waals surface area contributed by atoms with E-state index in [2.05, 4.69) is 39.4 Å². The molecule has 106 valence electrons. The highest BCUT2D eigenvalue weighted by molar-refractivity contribution is 9.10. The Morgan fingerprint density at radius 3 is 2.70 bits per heavy atom. The minimum absolute atomic E-state index is 0.809. The molecule has 3 nitrogen and oxygen atoms in total. The van der Waals surface area contributed by atoms with E-state index in [-0.39, 0.29) is 0 Å². The number of rotatable bonds is 6. The Kier molecular flexibility index (Phi) is 5.44. The maximum absolute atomic E-state index is 5.75. The summed E-state index contributed by atoms with van der Waals surface area (Å²) in [5.74, 6) is 0.862. The molecule has 0 unspecified atom stereocenters. The van der Waals surface area contributed by atoms with E-state index in [9.17, 15) is 0 Å². The normalized spacial score (nSPS) is 10.5. The van der Waals surface area contributed by atoms with E-state index in [1.807, 2.05) is 24.3 Å². The van der Waals surface area contributed by atoms with Crippen LogP contribution in [0.4, 0.5) is 5.69 Å². The van der Waals surface area contributed by atoms with Gasteiger partial charge >= 0.3 is 0 Å². The summed E-state index contributed by atoms with van der Waals surface area (Å²) in [5, 5.41) is 3.42. The quantitative estimate of drug-likeness (QED) is 0.629. The van der Waals surface area contributed by atoms with Crippen LogP contribution in [0.15, 0.2) is 46.9 Å². The molecule has 0 aliphatic heterocycles. The third-order valence-corrected chi connectivity index (χ3v) is 3.71. The maximum atomic E-state index is 5.75. The zero-order valence-electron chi connectivity index (χ0n) is 11.5. The number of methoxy groups -OCH3 is 1. The van der Waals surface area contributed by atoms with Crippen LogP contribution in [0, 0.1) is 0 Å². The molecule has 0 saturated carbocycles. The van der Waals surface area contributed by atoms with Gasteiger partial charge in [-0.3, -0.25) is 0 Å². The second-order valence-electron chi connectivity index (χ2n) is 4.64. The minimum Gasteiger partial charge on any atom is -0.496 e. The number of anilines is 1. The lowest BCUT2D eigenvalue weighted by Gasteiger charge is -2.08. The van der Waals surface area contributed by atoms with Gasteiger partial charge < -0.3 is 15.8 Å². The van der Waals surface area contributed by atoms with Gasteiger partial charge in [0.2, 0.25) is 0 Å². The second-order valence-corrected chi connectivity index (χ2v) is 5.50. The van der Waals surface area contributed by atoms with Gasteiger partial charge in [-0.15, -0.1) is 0 Å². The van der Waals surface area contributed by atoms with Gasteiger partial charge in [-0.05, 0) is 64.3 Å². The van der Waals surface area contributed by atoms with Crippen molar-refractivity contribution >= 4 is 21.6 Å². The molecule has 4 heteroatoms. The zero-order chi connectivity index (χ0) is 14.4. The molecular weight excluding hydrogens is 316 g/mol. The van der Waals surface area contributed by atoms with Gasteiger partial charge in [0.1, 0.15) is 5.75 Å². The molecule has 20 heavy (non-hydrogen) atoms. The van der Waals surface area contributed by atoms with Gasteiger partial charge in [-0.2, -0.15) is 0 Å². The summed E-state index contributed by atoms with van der Waals surface area (Å²) in [7, 11) is 1.67. The van der Waals surface area contributed by atoms with E-state index in [1.54, 1.807) is 7.11 Å². The van der Waals surface area contributed by atoms with Crippen LogP contribution in [-0.4, -0.2) is 13.7 Å². The highest BCUT2D eigenvalue weighted by Gasteiger charge is 2.01. The van der Waals surface area contributed by atoms with E-state index in [0.717, 1.165) is 35.4 Å². The Morgan fingerprint density at radius 1 is 1.15 bits per heavy atom. The number of ether oxygens (including phenoxy) is 1. The summed E-state index contributed by atoms with van der Waals surface area (Å²) < 4.78 is 6.21. The van der Waals surface area contributed by atoms with Crippen LogP contribution in [0.5, 0.6) is 5.75 Å². The van der Waals surface area contributed by atoms with Crippen molar-refractivity contribution in [1.82, 2.24) is 5.32 Å². The summed E-state index contributed by atoms with van der Waals surface area (Å²) in [5.41, 5.74) is 9.05. The lowest BCUT2D eigenvalue weighted by Crippen LogP contribution is -2.16. The number of hydrogen-bond donors (Lipinski definition) is 2. The summed E-state index contributed by atoms with van der Waals surface area (Å²) >= 11 is 3.50. The lowest BCUT2D eigenvalue weighted by atomic mass is 10.1. The molecule has 0 amide bonds. The topological polar surface area (TPSA) is 47.3 Å². The van der Waals surface area contributed by atoms with Crippen LogP contribution in [0.1, 0.15) is 11.1 Å². The van der Waals surface area contributed by atoms with Crippen molar-refractivity contribution in [3.8, 4) is 5.75 Å². The summed E-state index contributed by atoms with van der Waals surface area (Å²) in [6, 6.07) is 14.1. The molecule has 2 aromatic carbocycles. The van der Waals surface area contributed by atoms with E-state index in [4.69, 9.17) is 10.5 Å². The molecule has 0 aliphatic rings. The first-order valence-electron chi connectivity index (χ1n) is 6.56. The average Bonchev–Trinajstić information content (AvgIpc) is 2.44. The molecule has 2 aromatic rings. The van der Waals surface area contributed by atoms with E-state index in [0.29, 0.717) is 0 Å². The third kappa shape index (κ3) is 4.25. The van der Waals surface area contributed by atoms with Crippen LogP contribution in [0.2, 0.25) is 0 Å². The van der Waals surface area contributed by atoms with Crippen molar-refractivity contribution in [2.24, 2.45) is 0 Å². The van der Waals surface area contributed by atoms with Gasteiger partial charge in [0, 0.05) is 12.2 Å². The lowest BCUT2D eigenvalue weighted by molar-refractivity contribution is 0.412. The van der Waals surface area contributed by atoms with Crippen molar-refractivity contribution in [2.75, 3.05) is 19.4 Å². The monoisotopic (exact) mass is 334 g/mol. The van der Waals surface area contributed by atoms with E-state index in [1.165, 1.54) is 11.1 Å². The Hall–Kier alpha value is -1.52. The number of benzene rings is 2. The first kappa shape index (κ1) is 14.9. The van der Waals surface area contributed by atoms with Gasteiger partial charge in [-0.1, -0.05) is 18.2 Å². The number of hydrogen-bond acceptors (Lipinski definition) is 3. The number of nitrogens with one attached hydrogen (secondary N) is 1. The zero-order valence-corrected chi connectivity index (χ0v) is 13.1. The smallest absolute Gasteiger partial charge is 0.133 e. The van der Waals surface area contributed by atoms with Crippen LogP contribution in [0.25, 0.3) is 0 Å². The van der Waals surface area contributed by atoms with Crippen molar-refractivity contribution in [3.05, 3.63) is 58.1 Å². The standard InChI is InChI=1S/C16H19BrN2O/c1-20-16-6-5-12(10-15(16)17)7-8-19-11-13-3-2-4-14(18)9-13/h2-6,9-10,19H,7-8,11,18H2,1H3. The molecule has 0 fully saturated rings. The van der Waals surface area contributed by atoms with Crippen molar-refractivity contribution in [2.45, 2.75) is 13.0 Å². The second kappa shape index (κ2) is 7.31. The SMILES string of the molecule is COc1ccc(CCNCc2cccc(N)c2)cc1Br. The van der Waals surface area contributed by atoms with Gasteiger partial charge in [0.15, 0.2) is 0 Å². The van der Waals surface area contributed by atoms with E-state index < -0.39 is 0 Å². The molecule has 2 rings (SSSR count). The van der Waals surface area contributed by atoms with Crippen molar-refractivity contribution in [3.63, 3.8) is 0 Å². The third-order valence-electron chi connectivity index (χ3n) is 3.09. The molecule has 0 saturated heterocycles. The molecule has 0 aliphatic carbocycles. The van der Waals surface area contributed by atoms with Crippen LogP contribution >= 0.6 is 15.9 Å². The van der Waals surface area contributed by atoms with Gasteiger partial charge in [0.25, 0.3) is 0 Å². The molecule has 3 N–H and O–H groups in total. The fourth-order valence-corrected chi connectivity index (χ4v) is 2.62. The molecule has 0 radical (unpaired) electrons. The minimum atomic E-state index is 0.809. The Bertz CT molecular complexity index is 572. The molecular formula is C16H19BrN2O.